The minimum atomic E-state index is -0.200. The standard InChI is InChI=1S/C38H46N2O2/c1-19-14-29-31(22(4)21(19)3)34-28-13-11-10-12-27(28)33(29)30-15-20(2)35(23(5)32(30)34)40-37(42)25-16-24(36(41)39-9)17-26(18-25)38(6,7)8/h14-18,27-28,33-34H,10-13H2,1-9H3,(H,39,41)(H,40,42). The zero-order valence-electron chi connectivity index (χ0n) is 26.8. The van der Waals surface area contributed by atoms with Gasteiger partial charge in [0.2, 0.25) is 0 Å². The van der Waals surface area contributed by atoms with Crippen LogP contribution in [0.2, 0.25) is 0 Å². The van der Waals surface area contributed by atoms with Crippen LogP contribution in [0.4, 0.5) is 5.69 Å². The molecule has 4 unspecified atom stereocenters. The molecule has 4 aliphatic rings. The number of hydrogen-bond donors (Lipinski definition) is 2. The third-order valence-corrected chi connectivity index (χ3v) is 10.9. The van der Waals surface area contributed by atoms with Gasteiger partial charge < -0.3 is 10.6 Å². The van der Waals surface area contributed by atoms with E-state index in [1.807, 2.05) is 12.1 Å². The number of nitrogens with one attached hydrogen (secondary N) is 2. The van der Waals surface area contributed by atoms with E-state index in [2.05, 4.69) is 78.2 Å². The van der Waals surface area contributed by atoms with Gasteiger partial charge in [0.15, 0.2) is 0 Å². The molecule has 0 heterocycles. The molecule has 0 radical (unpaired) electrons. The van der Waals surface area contributed by atoms with Crippen LogP contribution >= 0.6 is 0 Å². The van der Waals surface area contributed by atoms with Crippen molar-refractivity contribution < 1.29 is 9.59 Å². The lowest BCUT2D eigenvalue weighted by Crippen LogP contribution is -2.42. The number of carbonyl (C=O) groups excluding carboxylic acids is 2. The van der Waals surface area contributed by atoms with E-state index < -0.39 is 0 Å². The monoisotopic (exact) mass is 562 g/mol. The van der Waals surface area contributed by atoms with Crippen molar-refractivity contribution >= 4 is 17.5 Å². The van der Waals surface area contributed by atoms with Crippen LogP contribution in [-0.2, 0) is 5.41 Å². The summed E-state index contributed by atoms with van der Waals surface area (Å²) in [6, 6.07) is 10.4. The van der Waals surface area contributed by atoms with Crippen molar-refractivity contribution in [2.45, 2.75) is 98.3 Å². The molecule has 4 nitrogen and oxygen atoms in total. The lowest BCUT2D eigenvalue weighted by molar-refractivity contribution is 0.0963. The molecule has 0 saturated heterocycles. The molecule has 3 aromatic carbocycles. The van der Waals surface area contributed by atoms with Gasteiger partial charge in [0.1, 0.15) is 0 Å². The molecule has 42 heavy (non-hydrogen) atoms. The molecule has 0 aromatic heterocycles. The van der Waals surface area contributed by atoms with Crippen LogP contribution in [0.25, 0.3) is 0 Å². The fourth-order valence-corrected chi connectivity index (χ4v) is 8.57. The van der Waals surface area contributed by atoms with E-state index >= 15 is 0 Å². The minimum Gasteiger partial charge on any atom is -0.355 e. The van der Waals surface area contributed by atoms with Crippen molar-refractivity contribution in [3.8, 4) is 0 Å². The molecular weight excluding hydrogens is 516 g/mol. The molecule has 0 aliphatic heterocycles. The molecule has 4 heteroatoms. The topological polar surface area (TPSA) is 58.2 Å². The highest BCUT2D eigenvalue weighted by Gasteiger charge is 2.51. The van der Waals surface area contributed by atoms with Crippen molar-refractivity contribution in [1.29, 1.82) is 0 Å². The molecule has 2 amide bonds. The van der Waals surface area contributed by atoms with E-state index in [1.165, 1.54) is 59.1 Å². The average molecular weight is 563 g/mol. The van der Waals surface area contributed by atoms with Crippen molar-refractivity contribution in [1.82, 2.24) is 5.32 Å². The zero-order valence-corrected chi connectivity index (χ0v) is 26.8. The summed E-state index contributed by atoms with van der Waals surface area (Å²) in [5, 5.41) is 6.04. The number of amides is 2. The smallest absolute Gasteiger partial charge is 0.255 e. The number of aryl methyl sites for hydroxylation is 2. The van der Waals surface area contributed by atoms with Crippen LogP contribution in [0.5, 0.6) is 0 Å². The first-order chi connectivity index (χ1) is 19.8. The van der Waals surface area contributed by atoms with Crippen LogP contribution < -0.4 is 10.6 Å². The maximum atomic E-state index is 13.9. The molecule has 4 aliphatic carbocycles. The fourth-order valence-electron chi connectivity index (χ4n) is 8.57. The number of anilines is 1. The summed E-state index contributed by atoms with van der Waals surface area (Å²) >= 11 is 0. The second kappa shape index (κ2) is 10.1. The molecule has 2 bridgehead atoms. The fraction of sp³-hybridized carbons (Fsp3) is 0.474. The predicted molar refractivity (Wildman–Crippen MR) is 172 cm³/mol. The van der Waals surface area contributed by atoms with Gasteiger partial charge in [-0.2, -0.15) is 0 Å². The molecule has 220 valence electrons. The van der Waals surface area contributed by atoms with E-state index in [-0.39, 0.29) is 17.2 Å². The highest BCUT2D eigenvalue weighted by molar-refractivity contribution is 6.07. The summed E-state index contributed by atoms with van der Waals surface area (Å²) in [6.07, 6.45) is 5.24. The number of carbonyl (C=O) groups is 2. The lowest BCUT2D eigenvalue weighted by atomic mass is 9.49. The lowest BCUT2D eigenvalue weighted by Gasteiger charge is -2.54. The third-order valence-electron chi connectivity index (χ3n) is 10.9. The Labute approximate surface area is 251 Å². The number of benzene rings is 3. The summed E-state index contributed by atoms with van der Waals surface area (Å²) in [5.41, 5.74) is 15.4. The Morgan fingerprint density at radius 3 is 1.83 bits per heavy atom. The van der Waals surface area contributed by atoms with Gasteiger partial charge >= 0.3 is 0 Å². The van der Waals surface area contributed by atoms with Crippen LogP contribution in [0.3, 0.4) is 0 Å². The van der Waals surface area contributed by atoms with Crippen LogP contribution in [0.1, 0.15) is 135 Å². The Morgan fingerprint density at radius 2 is 1.24 bits per heavy atom. The predicted octanol–water partition coefficient (Wildman–Crippen LogP) is 8.54. The molecule has 3 aromatic rings. The first kappa shape index (κ1) is 28.7. The molecule has 4 atom stereocenters. The maximum absolute atomic E-state index is 13.9. The molecule has 2 N–H and O–H groups in total. The van der Waals surface area contributed by atoms with Gasteiger partial charge in [-0.05, 0) is 139 Å². The first-order valence-electron chi connectivity index (χ1n) is 15.8. The highest BCUT2D eigenvalue weighted by atomic mass is 16.2. The van der Waals surface area contributed by atoms with Gasteiger partial charge in [0.05, 0.1) is 0 Å². The Morgan fingerprint density at radius 1 is 0.690 bits per heavy atom. The van der Waals surface area contributed by atoms with Gasteiger partial charge in [0, 0.05) is 35.7 Å². The minimum absolute atomic E-state index is 0.169. The van der Waals surface area contributed by atoms with Gasteiger partial charge in [-0.3, -0.25) is 9.59 Å². The second-order valence-corrected chi connectivity index (χ2v) is 14.3. The van der Waals surface area contributed by atoms with E-state index in [9.17, 15) is 9.59 Å². The van der Waals surface area contributed by atoms with Crippen LogP contribution in [0.15, 0.2) is 30.3 Å². The largest absolute Gasteiger partial charge is 0.355 e. The van der Waals surface area contributed by atoms with E-state index in [4.69, 9.17) is 0 Å². The zero-order chi connectivity index (χ0) is 30.2. The van der Waals surface area contributed by atoms with Crippen molar-refractivity contribution in [3.63, 3.8) is 0 Å². The summed E-state index contributed by atoms with van der Waals surface area (Å²) in [5.74, 6) is 1.82. The molecule has 1 saturated carbocycles. The normalized spacial score (nSPS) is 22.2. The third kappa shape index (κ3) is 4.32. The van der Waals surface area contributed by atoms with Gasteiger partial charge in [-0.25, -0.2) is 0 Å². The van der Waals surface area contributed by atoms with Crippen molar-refractivity contribution in [2.24, 2.45) is 11.8 Å². The Hall–Kier alpha value is -3.40. The first-order valence-corrected chi connectivity index (χ1v) is 15.8. The SMILES string of the molecule is CNC(=O)c1cc(C(=O)Nc2c(C)cc3c(c2C)C2c4c(cc(C)c(C)c4C)C3C3CCCCC23)cc(C(C)(C)C)c1. The highest BCUT2D eigenvalue weighted by Crippen LogP contribution is 2.64. The molecule has 7 rings (SSSR count). The summed E-state index contributed by atoms with van der Waals surface area (Å²) in [6.45, 7) is 17.5. The quantitative estimate of drug-likeness (QED) is 0.336. The van der Waals surface area contributed by atoms with Crippen molar-refractivity contribution in [2.75, 3.05) is 12.4 Å². The number of hydrogen-bond acceptors (Lipinski definition) is 2. The Bertz CT molecular complexity index is 1640. The molecular formula is C38H46N2O2. The Kier molecular flexibility index (Phi) is 6.91. The van der Waals surface area contributed by atoms with E-state index in [1.54, 1.807) is 24.2 Å². The summed E-state index contributed by atoms with van der Waals surface area (Å²) < 4.78 is 0. The second-order valence-electron chi connectivity index (χ2n) is 14.3. The Balaban J connectivity index is 1.47. The van der Waals surface area contributed by atoms with Crippen LogP contribution in [0, 0.1) is 46.5 Å². The van der Waals surface area contributed by atoms with Crippen LogP contribution in [-0.4, -0.2) is 18.9 Å². The van der Waals surface area contributed by atoms with Gasteiger partial charge in [-0.1, -0.05) is 45.7 Å². The van der Waals surface area contributed by atoms with Gasteiger partial charge in [-0.15, -0.1) is 0 Å². The average Bonchev–Trinajstić information content (AvgIpc) is 2.96. The summed E-state index contributed by atoms with van der Waals surface area (Å²) in [4.78, 5) is 26.5. The number of rotatable bonds is 3. The van der Waals surface area contributed by atoms with E-state index in [0.29, 0.717) is 34.8 Å². The maximum Gasteiger partial charge on any atom is 0.255 e. The molecule has 0 spiro atoms. The van der Waals surface area contributed by atoms with E-state index in [0.717, 1.165) is 16.8 Å². The molecule has 1 fully saturated rings. The van der Waals surface area contributed by atoms with Crippen molar-refractivity contribution in [3.05, 3.63) is 97.1 Å². The van der Waals surface area contributed by atoms with Gasteiger partial charge in [0.25, 0.3) is 11.8 Å². The summed E-state index contributed by atoms with van der Waals surface area (Å²) in [7, 11) is 1.62.